The summed E-state index contributed by atoms with van der Waals surface area (Å²) < 4.78 is 0. The predicted molar refractivity (Wildman–Crippen MR) is 57.0 cm³/mol. The van der Waals surface area contributed by atoms with Crippen LogP contribution in [0, 0.1) is 0 Å². The number of hydrogen-bond donors (Lipinski definition) is 0. The molecular weight excluding hydrogens is 178 g/mol. The molecule has 0 fully saturated rings. The summed E-state index contributed by atoms with van der Waals surface area (Å²) in [7, 11) is 0. The Labute approximate surface area is 85.8 Å². The molecule has 0 unspecified atom stereocenters. The van der Waals surface area contributed by atoms with Crippen LogP contribution in [0.3, 0.4) is 0 Å². The van der Waals surface area contributed by atoms with Crippen LogP contribution in [0.1, 0.15) is 34.1 Å². The van der Waals surface area contributed by atoms with Crippen molar-refractivity contribution >= 4 is 11.7 Å². The van der Waals surface area contributed by atoms with E-state index in [9.17, 15) is 9.59 Å². The van der Waals surface area contributed by atoms with Crippen molar-refractivity contribution < 1.29 is 9.59 Å². The quantitative estimate of drug-likeness (QED) is 0.509. The van der Waals surface area contributed by atoms with E-state index in [-0.39, 0.29) is 23.7 Å². The van der Waals surface area contributed by atoms with Crippen molar-refractivity contribution in [1.82, 2.24) is 4.90 Å². The van der Waals surface area contributed by atoms with E-state index in [1.807, 2.05) is 20.8 Å². The summed E-state index contributed by atoms with van der Waals surface area (Å²) in [5.41, 5.74) is -0.263. The van der Waals surface area contributed by atoms with Crippen LogP contribution in [0.15, 0.2) is 12.7 Å². The van der Waals surface area contributed by atoms with Gasteiger partial charge in [0, 0.05) is 12.1 Å². The third kappa shape index (κ3) is 4.21. The number of nitrogens with zero attached hydrogens (tertiary/aromatic N) is 1. The lowest BCUT2D eigenvalue weighted by molar-refractivity contribution is -0.138. The minimum atomic E-state index is -0.263. The van der Waals surface area contributed by atoms with E-state index in [4.69, 9.17) is 0 Å². The predicted octanol–water partition coefficient (Wildman–Crippen LogP) is 1.78. The SMILES string of the molecule is C=CCN(C(=O)CC(C)=O)C(C)(C)C. The molecule has 80 valence electrons. The maximum absolute atomic E-state index is 11.6. The summed E-state index contributed by atoms with van der Waals surface area (Å²) in [4.78, 5) is 24.1. The van der Waals surface area contributed by atoms with Crippen LogP contribution >= 0.6 is 0 Å². The smallest absolute Gasteiger partial charge is 0.230 e. The monoisotopic (exact) mass is 197 g/mol. The molecule has 0 saturated heterocycles. The van der Waals surface area contributed by atoms with Crippen molar-refractivity contribution in [1.29, 1.82) is 0 Å². The second-order valence-corrected chi connectivity index (χ2v) is 4.34. The summed E-state index contributed by atoms with van der Waals surface area (Å²) in [6, 6.07) is 0. The highest BCUT2D eigenvalue weighted by molar-refractivity contribution is 5.97. The van der Waals surface area contributed by atoms with Gasteiger partial charge in [0.15, 0.2) is 0 Å². The van der Waals surface area contributed by atoms with E-state index in [0.29, 0.717) is 6.54 Å². The Morgan fingerprint density at radius 3 is 2.14 bits per heavy atom. The molecule has 0 aliphatic rings. The molecule has 0 radical (unpaired) electrons. The number of ketones is 1. The zero-order chi connectivity index (χ0) is 11.4. The highest BCUT2D eigenvalue weighted by atomic mass is 16.2. The van der Waals surface area contributed by atoms with Crippen molar-refractivity contribution in [2.24, 2.45) is 0 Å². The summed E-state index contributed by atoms with van der Waals surface area (Å²) in [6.45, 7) is 11.3. The summed E-state index contributed by atoms with van der Waals surface area (Å²) in [5, 5.41) is 0. The zero-order valence-corrected chi connectivity index (χ0v) is 9.46. The third-order valence-corrected chi connectivity index (χ3v) is 1.82. The summed E-state index contributed by atoms with van der Waals surface area (Å²) in [5.74, 6) is -0.238. The first-order chi connectivity index (χ1) is 6.29. The van der Waals surface area contributed by atoms with Gasteiger partial charge in [-0.15, -0.1) is 6.58 Å². The van der Waals surface area contributed by atoms with E-state index >= 15 is 0 Å². The second kappa shape index (κ2) is 4.94. The van der Waals surface area contributed by atoms with Gasteiger partial charge in [0.25, 0.3) is 0 Å². The highest BCUT2D eigenvalue weighted by Gasteiger charge is 2.25. The minimum absolute atomic E-state index is 0.0227. The Kier molecular flexibility index (Phi) is 4.54. The fraction of sp³-hybridized carbons (Fsp3) is 0.636. The molecule has 1 amide bonds. The van der Waals surface area contributed by atoms with Crippen LogP contribution in [0.4, 0.5) is 0 Å². The number of carbonyl (C=O) groups excluding carboxylic acids is 2. The number of hydrogen-bond acceptors (Lipinski definition) is 2. The summed E-state index contributed by atoms with van der Waals surface area (Å²) >= 11 is 0. The molecule has 0 N–H and O–H groups in total. The van der Waals surface area contributed by atoms with Gasteiger partial charge in [0.2, 0.25) is 5.91 Å². The van der Waals surface area contributed by atoms with Crippen LogP contribution in [0.5, 0.6) is 0 Å². The third-order valence-electron chi connectivity index (χ3n) is 1.82. The zero-order valence-electron chi connectivity index (χ0n) is 9.46. The molecule has 0 aromatic rings. The van der Waals surface area contributed by atoms with Gasteiger partial charge in [-0.3, -0.25) is 9.59 Å². The first-order valence-corrected chi connectivity index (χ1v) is 4.70. The molecule has 3 heteroatoms. The fourth-order valence-corrected chi connectivity index (χ4v) is 1.19. The van der Waals surface area contributed by atoms with E-state index in [2.05, 4.69) is 6.58 Å². The average Bonchev–Trinajstić information content (AvgIpc) is 1.96. The molecule has 14 heavy (non-hydrogen) atoms. The molecule has 0 saturated carbocycles. The van der Waals surface area contributed by atoms with Crippen molar-refractivity contribution in [2.75, 3.05) is 6.54 Å². The lowest BCUT2D eigenvalue weighted by Gasteiger charge is -2.34. The number of amides is 1. The lowest BCUT2D eigenvalue weighted by Crippen LogP contribution is -2.46. The molecule has 0 heterocycles. The lowest BCUT2D eigenvalue weighted by atomic mass is 10.0. The van der Waals surface area contributed by atoms with Crippen LogP contribution < -0.4 is 0 Å². The Hall–Kier alpha value is -1.12. The fourth-order valence-electron chi connectivity index (χ4n) is 1.19. The maximum Gasteiger partial charge on any atom is 0.230 e. The van der Waals surface area contributed by atoms with Crippen molar-refractivity contribution in [3.8, 4) is 0 Å². The van der Waals surface area contributed by atoms with Crippen LogP contribution in [-0.4, -0.2) is 28.7 Å². The van der Waals surface area contributed by atoms with Gasteiger partial charge in [-0.05, 0) is 27.7 Å². The Bertz CT molecular complexity index is 238. The standard InChI is InChI=1S/C11H19NO2/c1-6-7-12(11(3,4)5)10(14)8-9(2)13/h6H,1,7-8H2,2-5H3. The van der Waals surface area contributed by atoms with Crippen molar-refractivity contribution in [3.63, 3.8) is 0 Å². The van der Waals surface area contributed by atoms with E-state index in [0.717, 1.165) is 0 Å². The molecule has 0 aliphatic carbocycles. The first kappa shape index (κ1) is 12.9. The van der Waals surface area contributed by atoms with Crippen molar-refractivity contribution in [2.45, 2.75) is 39.7 Å². The van der Waals surface area contributed by atoms with E-state index in [1.165, 1.54) is 6.92 Å². The Balaban J connectivity index is 4.57. The average molecular weight is 197 g/mol. The van der Waals surface area contributed by atoms with Gasteiger partial charge in [0.1, 0.15) is 5.78 Å². The van der Waals surface area contributed by atoms with Gasteiger partial charge < -0.3 is 4.90 Å². The largest absolute Gasteiger partial charge is 0.334 e. The minimum Gasteiger partial charge on any atom is -0.334 e. The molecule has 0 aromatic heterocycles. The molecule has 0 spiro atoms. The van der Waals surface area contributed by atoms with Gasteiger partial charge in [0.05, 0.1) is 6.42 Å². The topological polar surface area (TPSA) is 37.4 Å². The molecule has 0 bridgehead atoms. The van der Waals surface area contributed by atoms with Gasteiger partial charge in [-0.1, -0.05) is 6.08 Å². The normalized spacial score (nSPS) is 10.9. The molecule has 0 aliphatic heterocycles. The summed E-state index contributed by atoms with van der Waals surface area (Å²) in [6.07, 6.45) is 1.65. The van der Waals surface area contributed by atoms with Crippen LogP contribution in [-0.2, 0) is 9.59 Å². The van der Waals surface area contributed by atoms with Crippen LogP contribution in [0.2, 0.25) is 0 Å². The second-order valence-electron chi connectivity index (χ2n) is 4.34. The molecule has 0 aromatic carbocycles. The molecular formula is C11H19NO2. The number of rotatable bonds is 4. The molecule has 3 nitrogen and oxygen atoms in total. The van der Waals surface area contributed by atoms with Gasteiger partial charge in [-0.25, -0.2) is 0 Å². The number of carbonyl (C=O) groups is 2. The number of Topliss-reactive ketones (excluding diaryl/α,β-unsaturated/α-hetero) is 1. The Morgan fingerprint density at radius 1 is 1.36 bits per heavy atom. The van der Waals surface area contributed by atoms with Gasteiger partial charge in [-0.2, -0.15) is 0 Å². The maximum atomic E-state index is 11.6. The van der Waals surface area contributed by atoms with E-state index < -0.39 is 0 Å². The Morgan fingerprint density at radius 2 is 1.86 bits per heavy atom. The van der Waals surface area contributed by atoms with Gasteiger partial charge >= 0.3 is 0 Å². The van der Waals surface area contributed by atoms with E-state index in [1.54, 1.807) is 11.0 Å². The first-order valence-electron chi connectivity index (χ1n) is 4.70. The molecule has 0 rings (SSSR count). The molecule has 0 atom stereocenters. The van der Waals surface area contributed by atoms with Crippen molar-refractivity contribution in [3.05, 3.63) is 12.7 Å². The van der Waals surface area contributed by atoms with Crippen LogP contribution in [0.25, 0.3) is 0 Å². The highest BCUT2D eigenvalue weighted by Crippen LogP contribution is 2.14.